The van der Waals surface area contributed by atoms with Gasteiger partial charge in [0.15, 0.2) is 0 Å². The SMILES string of the molecule is CCc1nc(Cl)cc(=O)n1Cc1nc(C)cs1. The van der Waals surface area contributed by atoms with E-state index in [1.807, 2.05) is 19.2 Å². The monoisotopic (exact) mass is 269 g/mol. The minimum atomic E-state index is -0.130. The van der Waals surface area contributed by atoms with Gasteiger partial charge in [0.2, 0.25) is 0 Å². The van der Waals surface area contributed by atoms with Gasteiger partial charge in [-0.1, -0.05) is 18.5 Å². The molecule has 0 aliphatic carbocycles. The average molecular weight is 270 g/mol. The molecule has 2 aromatic rings. The van der Waals surface area contributed by atoms with Crippen LogP contribution in [0, 0.1) is 6.92 Å². The number of halogens is 1. The highest BCUT2D eigenvalue weighted by molar-refractivity contribution is 7.09. The zero-order valence-corrected chi connectivity index (χ0v) is 11.2. The quantitative estimate of drug-likeness (QED) is 0.803. The minimum absolute atomic E-state index is 0.130. The van der Waals surface area contributed by atoms with Gasteiger partial charge in [0.25, 0.3) is 5.56 Å². The van der Waals surface area contributed by atoms with Crippen LogP contribution < -0.4 is 5.56 Å². The van der Waals surface area contributed by atoms with Gasteiger partial charge in [-0.15, -0.1) is 11.3 Å². The van der Waals surface area contributed by atoms with Crippen LogP contribution in [-0.4, -0.2) is 14.5 Å². The van der Waals surface area contributed by atoms with Crippen LogP contribution in [0.4, 0.5) is 0 Å². The first-order valence-electron chi connectivity index (χ1n) is 5.27. The maximum atomic E-state index is 11.8. The highest BCUT2D eigenvalue weighted by Gasteiger charge is 2.08. The molecular weight excluding hydrogens is 258 g/mol. The van der Waals surface area contributed by atoms with Gasteiger partial charge in [-0.3, -0.25) is 9.36 Å². The van der Waals surface area contributed by atoms with Gasteiger partial charge in [-0.2, -0.15) is 0 Å². The average Bonchev–Trinajstić information content (AvgIpc) is 2.67. The number of nitrogens with zero attached hydrogens (tertiary/aromatic N) is 3. The fraction of sp³-hybridized carbons (Fsp3) is 0.364. The molecule has 0 saturated heterocycles. The fourth-order valence-electron chi connectivity index (χ4n) is 1.57. The molecule has 0 unspecified atom stereocenters. The van der Waals surface area contributed by atoms with Crippen LogP contribution >= 0.6 is 22.9 Å². The van der Waals surface area contributed by atoms with Crippen molar-refractivity contribution in [1.82, 2.24) is 14.5 Å². The summed E-state index contributed by atoms with van der Waals surface area (Å²) in [5, 5.41) is 3.12. The van der Waals surface area contributed by atoms with E-state index >= 15 is 0 Å². The van der Waals surface area contributed by atoms with Gasteiger partial charge in [0.05, 0.1) is 6.54 Å². The summed E-state index contributed by atoms with van der Waals surface area (Å²) in [7, 11) is 0. The summed E-state index contributed by atoms with van der Waals surface area (Å²) in [5.41, 5.74) is 0.840. The Bertz CT molecular complexity index is 591. The van der Waals surface area contributed by atoms with E-state index in [1.54, 1.807) is 15.9 Å². The van der Waals surface area contributed by atoms with Crippen LogP contribution in [0.25, 0.3) is 0 Å². The third kappa shape index (κ3) is 2.73. The Labute approximate surface area is 108 Å². The first kappa shape index (κ1) is 12.3. The summed E-state index contributed by atoms with van der Waals surface area (Å²) in [6.07, 6.45) is 0.667. The molecule has 17 heavy (non-hydrogen) atoms. The van der Waals surface area contributed by atoms with Crippen molar-refractivity contribution in [2.45, 2.75) is 26.8 Å². The lowest BCUT2D eigenvalue weighted by Gasteiger charge is -2.08. The molecular formula is C11H12ClN3OS. The summed E-state index contributed by atoms with van der Waals surface area (Å²) in [6, 6.07) is 1.33. The van der Waals surface area contributed by atoms with Crippen LogP contribution in [0.3, 0.4) is 0 Å². The molecule has 0 bridgehead atoms. The molecule has 0 spiro atoms. The predicted molar refractivity (Wildman–Crippen MR) is 68.8 cm³/mol. The molecule has 90 valence electrons. The summed E-state index contributed by atoms with van der Waals surface area (Å²) in [4.78, 5) is 20.3. The molecule has 4 nitrogen and oxygen atoms in total. The van der Waals surface area contributed by atoms with Gasteiger partial charge in [-0.05, 0) is 6.92 Å². The van der Waals surface area contributed by atoms with E-state index in [-0.39, 0.29) is 10.7 Å². The van der Waals surface area contributed by atoms with Crippen LogP contribution in [0.2, 0.25) is 5.15 Å². The van der Waals surface area contributed by atoms with Gasteiger partial charge in [-0.25, -0.2) is 9.97 Å². The van der Waals surface area contributed by atoms with Crippen molar-refractivity contribution in [2.75, 3.05) is 0 Å². The molecule has 0 radical (unpaired) electrons. The van der Waals surface area contributed by atoms with Gasteiger partial charge < -0.3 is 0 Å². The number of hydrogen-bond donors (Lipinski definition) is 0. The Morgan fingerprint density at radius 2 is 2.24 bits per heavy atom. The van der Waals surface area contributed by atoms with Crippen LogP contribution in [0.1, 0.15) is 23.4 Å². The van der Waals surface area contributed by atoms with Gasteiger partial charge in [0, 0.05) is 23.6 Å². The topological polar surface area (TPSA) is 47.8 Å². The lowest BCUT2D eigenvalue weighted by atomic mass is 10.4. The van der Waals surface area contributed by atoms with Crippen LogP contribution in [0.5, 0.6) is 0 Å². The van der Waals surface area contributed by atoms with Crippen molar-refractivity contribution in [3.8, 4) is 0 Å². The Morgan fingerprint density at radius 1 is 1.47 bits per heavy atom. The maximum Gasteiger partial charge on any atom is 0.255 e. The van der Waals surface area contributed by atoms with Crippen LogP contribution in [-0.2, 0) is 13.0 Å². The highest BCUT2D eigenvalue weighted by Crippen LogP contribution is 2.11. The number of aryl methyl sites for hydroxylation is 2. The number of rotatable bonds is 3. The zero-order valence-electron chi connectivity index (χ0n) is 9.61. The number of thiazole rings is 1. The molecule has 0 atom stereocenters. The largest absolute Gasteiger partial charge is 0.290 e. The zero-order chi connectivity index (χ0) is 12.4. The number of aromatic nitrogens is 3. The molecule has 0 amide bonds. The van der Waals surface area contributed by atoms with Crippen molar-refractivity contribution >= 4 is 22.9 Å². The smallest absolute Gasteiger partial charge is 0.255 e. The predicted octanol–water partition coefficient (Wildman–Crippen LogP) is 2.27. The molecule has 2 aromatic heterocycles. The molecule has 2 heterocycles. The first-order chi connectivity index (χ1) is 8.10. The molecule has 0 aromatic carbocycles. The molecule has 2 rings (SSSR count). The highest BCUT2D eigenvalue weighted by atomic mass is 35.5. The van der Waals surface area contributed by atoms with Crippen molar-refractivity contribution in [2.24, 2.45) is 0 Å². The van der Waals surface area contributed by atoms with E-state index in [0.717, 1.165) is 10.7 Å². The first-order valence-corrected chi connectivity index (χ1v) is 6.53. The van der Waals surface area contributed by atoms with E-state index in [1.165, 1.54) is 6.07 Å². The molecule has 0 aliphatic heterocycles. The minimum Gasteiger partial charge on any atom is -0.290 e. The van der Waals surface area contributed by atoms with E-state index in [2.05, 4.69) is 9.97 Å². The maximum absolute atomic E-state index is 11.8. The lowest BCUT2D eigenvalue weighted by Crippen LogP contribution is -2.24. The molecule has 6 heteroatoms. The number of hydrogen-bond acceptors (Lipinski definition) is 4. The third-order valence-corrected chi connectivity index (χ3v) is 3.48. The van der Waals surface area contributed by atoms with Crippen LogP contribution in [0.15, 0.2) is 16.2 Å². The Morgan fingerprint density at radius 3 is 2.82 bits per heavy atom. The van der Waals surface area contributed by atoms with E-state index in [9.17, 15) is 4.79 Å². The second-order valence-corrected chi connectivity index (χ2v) is 4.99. The molecule has 0 N–H and O–H groups in total. The van der Waals surface area contributed by atoms with Gasteiger partial charge in [0.1, 0.15) is 16.0 Å². The third-order valence-electron chi connectivity index (χ3n) is 2.33. The second kappa shape index (κ2) is 4.98. The van der Waals surface area contributed by atoms with Gasteiger partial charge >= 0.3 is 0 Å². The lowest BCUT2D eigenvalue weighted by molar-refractivity contribution is 0.671. The van der Waals surface area contributed by atoms with E-state index in [4.69, 9.17) is 11.6 Å². The molecule has 0 saturated carbocycles. The summed E-state index contributed by atoms with van der Waals surface area (Å²) in [6.45, 7) is 4.34. The Kier molecular flexibility index (Phi) is 3.59. The standard InChI is InChI=1S/C11H12ClN3OS/c1-3-9-14-8(12)4-11(16)15(9)5-10-13-7(2)6-17-10/h4,6H,3,5H2,1-2H3. The van der Waals surface area contributed by atoms with Crippen molar-refractivity contribution in [1.29, 1.82) is 0 Å². The molecule has 0 fully saturated rings. The van der Waals surface area contributed by atoms with E-state index in [0.29, 0.717) is 18.8 Å². The van der Waals surface area contributed by atoms with E-state index < -0.39 is 0 Å². The van der Waals surface area contributed by atoms with Crippen molar-refractivity contribution < 1.29 is 0 Å². The Hall–Kier alpha value is -1.20. The Balaban J connectivity index is 2.41. The summed E-state index contributed by atoms with van der Waals surface area (Å²) >= 11 is 7.32. The summed E-state index contributed by atoms with van der Waals surface area (Å²) in [5.74, 6) is 0.690. The molecule has 0 aliphatic rings. The normalized spacial score (nSPS) is 10.8. The second-order valence-electron chi connectivity index (χ2n) is 3.66. The van der Waals surface area contributed by atoms with Crippen molar-refractivity contribution in [3.05, 3.63) is 43.5 Å². The van der Waals surface area contributed by atoms with Crippen molar-refractivity contribution in [3.63, 3.8) is 0 Å². The fourth-order valence-corrected chi connectivity index (χ4v) is 2.52. The summed E-state index contributed by atoms with van der Waals surface area (Å²) < 4.78 is 1.62.